The Morgan fingerprint density at radius 1 is 1.38 bits per heavy atom. The molecule has 0 aromatic carbocycles. The van der Waals surface area contributed by atoms with Crippen LogP contribution < -0.4 is 5.32 Å². The largest absolute Gasteiger partial charge is 0.359 e. The maximum Gasteiger partial charge on any atom is 0.157 e. The zero-order valence-corrected chi connectivity index (χ0v) is 11.0. The fourth-order valence-corrected chi connectivity index (χ4v) is 3.63. The molecule has 2 heterocycles. The van der Waals surface area contributed by atoms with Crippen LogP contribution in [0.3, 0.4) is 0 Å². The first-order valence-electron chi connectivity index (χ1n) is 6.35. The number of thioether (sulfide) groups is 1. The van der Waals surface area contributed by atoms with Crippen LogP contribution in [-0.4, -0.2) is 46.5 Å². The van der Waals surface area contributed by atoms with Crippen molar-refractivity contribution in [1.29, 1.82) is 0 Å². The summed E-state index contributed by atoms with van der Waals surface area (Å²) in [5, 5.41) is 4.68. The van der Waals surface area contributed by atoms with Crippen LogP contribution in [0.4, 0.5) is 0 Å². The topological polar surface area (TPSA) is 27.6 Å². The van der Waals surface area contributed by atoms with Gasteiger partial charge in [0.2, 0.25) is 0 Å². The average Bonchev–Trinajstić information content (AvgIpc) is 2.88. The molecule has 0 amide bonds. The summed E-state index contributed by atoms with van der Waals surface area (Å²) >= 11 is 1.88. The van der Waals surface area contributed by atoms with Crippen molar-refractivity contribution >= 4 is 16.9 Å². The molecule has 1 unspecified atom stereocenters. The highest BCUT2D eigenvalue weighted by Crippen LogP contribution is 2.31. The molecule has 0 bridgehead atoms. The fraction of sp³-hybridized carbons (Fsp3) is 0.917. The molecule has 1 saturated carbocycles. The number of aliphatic imine (C=N–C) groups is 1. The van der Waals surface area contributed by atoms with Crippen molar-refractivity contribution in [2.45, 2.75) is 50.7 Å². The van der Waals surface area contributed by atoms with Crippen molar-refractivity contribution in [2.75, 3.05) is 18.8 Å². The average molecular weight is 239 g/mol. The highest BCUT2D eigenvalue weighted by molar-refractivity contribution is 8.14. The Morgan fingerprint density at radius 3 is 2.81 bits per heavy atom. The van der Waals surface area contributed by atoms with Gasteiger partial charge in [0, 0.05) is 30.4 Å². The van der Waals surface area contributed by atoms with Gasteiger partial charge in [-0.1, -0.05) is 11.8 Å². The van der Waals surface area contributed by atoms with Gasteiger partial charge in [0.05, 0.1) is 6.04 Å². The Bertz CT molecular complexity index is 309. The molecular formula is C12H21N3S. The number of rotatable bonds is 2. The Balaban J connectivity index is 1.57. The molecule has 2 saturated heterocycles. The minimum atomic E-state index is 0.234. The summed E-state index contributed by atoms with van der Waals surface area (Å²) in [5.74, 6) is 1.14. The first kappa shape index (κ1) is 10.9. The number of likely N-dealkylation sites (tertiary alicyclic amines) is 1. The fourth-order valence-electron chi connectivity index (χ4n) is 2.49. The summed E-state index contributed by atoms with van der Waals surface area (Å²) in [4.78, 5) is 7.48. The minimum absolute atomic E-state index is 0.234. The number of nitrogens with one attached hydrogen (secondary N) is 1. The van der Waals surface area contributed by atoms with Crippen molar-refractivity contribution < 1.29 is 0 Å². The summed E-state index contributed by atoms with van der Waals surface area (Å²) < 4.78 is 0. The Labute approximate surface area is 102 Å². The molecule has 1 aliphatic carbocycles. The third kappa shape index (κ3) is 2.38. The van der Waals surface area contributed by atoms with Gasteiger partial charge in [-0.15, -0.1) is 0 Å². The molecule has 4 heteroatoms. The predicted molar refractivity (Wildman–Crippen MR) is 70.1 cm³/mol. The molecule has 1 atom stereocenters. The summed E-state index contributed by atoms with van der Waals surface area (Å²) in [7, 11) is 0. The minimum Gasteiger partial charge on any atom is -0.359 e. The van der Waals surface area contributed by atoms with E-state index in [0.29, 0.717) is 6.04 Å². The maximum absolute atomic E-state index is 4.86. The van der Waals surface area contributed by atoms with Crippen molar-refractivity contribution in [3.05, 3.63) is 0 Å². The second-order valence-electron chi connectivity index (χ2n) is 5.90. The standard InChI is InChI=1S/C12H21N3S/c1-12(2)8-16-11(14-12)13-9-5-6-15(7-9)10-3-4-10/h9-10H,3-8H2,1-2H3,(H,13,14). The lowest BCUT2D eigenvalue weighted by molar-refractivity contribution is 0.324. The molecule has 3 fully saturated rings. The van der Waals surface area contributed by atoms with Crippen LogP contribution in [0.1, 0.15) is 33.1 Å². The van der Waals surface area contributed by atoms with E-state index in [1.54, 1.807) is 0 Å². The number of hydrogen-bond acceptors (Lipinski definition) is 3. The monoisotopic (exact) mass is 239 g/mol. The highest BCUT2D eigenvalue weighted by atomic mass is 32.2. The lowest BCUT2D eigenvalue weighted by Gasteiger charge is -2.16. The molecule has 2 aliphatic heterocycles. The van der Waals surface area contributed by atoms with E-state index in [0.717, 1.165) is 11.8 Å². The van der Waals surface area contributed by atoms with Gasteiger partial charge in [-0.25, -0.2) is 0 Å². The van der Waals surface area contributed by atoms with Crippen LogP contribution in [-0.2, 0) is 0 Å². The van der Waals surface area contributed by atoms with E-state index < -0.39 is 0 Å². The molecule has 3 rings (SSSR count). The van der Waals surface area contributed by atoms with Gasteiger partial charge in [0.25, 0.3) is 0 Å². The molecule has 0 radical (unpaired) electrons. The molecule has 0 aromatic rings. The van der Waals surface area contributed by atoms with Gasteiger partial charge in [-0.05, 0) is 33.1 Å². The van der Waals surface area contributed by atoms with Gasteiger partial charge in [0.1, 0.15) is 0 Å². The molecule has 0 aromatic heterocycles. The van der Waals surface area contributed by atoms with Crippen LogP contribution in [0.5, 0.6) is 0 Å². The van der Waals surface area contributed by atoms with Crippen LogP contribution in [0, 0.1) is 0 Å². The van der Waals surface area contributed by atoms with Crippen LogP contribution in [0.2, 0.25) is 0 Å². The first-order chi connectivity index (χ1) is 7.62. The second kappa shape index (κ2) is 3.91. The number of hydrogen-bond donors (Lipinski definition) is 1. The van der Waals surface area contributed by atoms with Gasteiger partial charge in [-0.2, -0.15) is 0 Å². The summed E-state index contributed by atoms with van der Waals surface area (Å²) in [6, 6.07) is 1.45. The SMILES string of the molecule is CC1(C)CSC(=NC2CCN(C3CC3)C2)N1. The highest BCUT2D eigenvalue weighted by Gasteiger charge is 2.35. The van der Waals surface area contributed by atoms with E-state index in [-0.39, 0.29) is 5.54 Å². The quantitative estimate of drug-likeness (QED) is 0.795. The van der Waals surface area contributed by atoms with Gasteiger partial charge >= 0.3 is 0 Å². The van der Waals surface area contributed by atoms with E-state index in [2.05, 4.69) is 24.1 Å². The Kier molecular flexibility index (Phi) is 2.67. The van der Waals surface area contributed by atoms with Gasteiger partial charge in [-0.3, -0.25) is 9.89 Å². The summed E-state index contributed by atoms with van der Waals surface area (Å²) in [6.07, 6.45) is 4.09. The van der Waals surface area contributed by atoms with E-state index in [9.17, 15) is 0 Å². The van der Waals surface area contributed by atoms with E-state index in [1.165, 1.54) is 37.5 Å². The predicted octanol–water partition coefficient (Wildman–Crippen LogP) is 1.69. The summed E-state index contributed by atoms with van der Waals surface area (Å²) in [6.45, 7) is 6.94. The van der Waals surface area contributed by atoms with Crippen molar-refractivity contribution in [2.24, 2.45) is 4.99 Å². The molecule has 90 valence electrons. The van der Waals surface area contributed by atoms with Gasteiger partial charge < -0.3 is 5.32 Å². The summed E-state index contributed by atoms with van der Waals surface area (Å²) in [5.41, 5.74) is 0.234. The van der Waals surface area contributed by atoms with Gasteiger partial charge in [0.15, 0.2) is 5.17 Å². The van der Waals surface area contributed by atoms with Crippen molar-refractivity contribution in [3.8, 4) is 0 Å². The Hall–Kier alpha value is -0.220. The van der Waals surface area contributed by atoms with Crippen LogP contribution in [0.15, 0.2) is 4.99 Å². The van der Waals surface area contributed by atoms with Crippen molar-refractivity contribution in [1.82, 2.24) is 10.2 Å². The van der Waals surface area contributed by atoms with Crippen LogP contribution in [0.25, 0.3) is 0 Å². The molecule has 3 aliphatic rings. The zero-order valence-electron chi connectivity index (χ0n) is 10.2. The molecule has 1 N–H and O–H groups in total. The maximum atomic E-state index is 4.86. The second-order valence-corrected chi connectivity index (χ2v) is 6.86. The normalized spacial score (nSPS) is 36.9. The zero-order chi connectivity index (χ0) is 11.2. The van der Waals surface area contributed by atoms with Crippen molar-refractivity contribution in [3.63, 3.8) is 0 Å². The third-order valence-corrected chi connectivity index (χ3v) is 4.92. The molecule has 3 nitrogen and oxygen atoms in total. The first-order valence-corrected chi connectivity index (χ1v) is 7.34. The smallest absolute Gasteiger partial charge is 0.157 e. The molecule has 16 heavy (non-hydrogen) atoms. The van der Waals surface area contributed by atoms with Crippen LogP contribution >= 0.6 is 11.8 Å². The Morgan fingerprint density at radius 2 is 2.19 bits per heavy atom. The van der Waals surface area contributed by atoms with E-state index in [1.807, 2.05) is 11.8 Å². The van der Waals surface area contributed by atoms with E-state index >= 15 is 0 Å². The molecule has 0 spiro atoms. The molecular weight excluding hydrogens is 218 g/mol. The lowest BCUT2D eigenvalue weighted by atomic mass is 10.1. The van der Waals surface area contributed by atoms with E-state index in [4.69, 9.17) is 4.99 Å². The number of nitrogens with zero attached hydrogens (tertiary/aromatic N) is 2. The number of amidine groups is 1. The lowest BCUT2D eigenvalue weighted by Crippen LogP contribution is -2.37. The third-order valence-electron chi connectivity index (χ3n) is 3.57.